The largest absolute Gasteiger partial charge is 0.483 e. The van der Waals surface area contributed by atoms with Gasteiger partial charge in [0, 0.05) is 5.75 Å². The molecule has 0 aliphatic carbocycles. The molecule has 27 heavy (non-hydrogen) atoms. The molecule has 7 nitrogen and oxygen atoms in total. The second-order valence-corrected chi connectivity index (χ2v) is 9.99. The monoisotopic (exact) mass is 399 g/mol. The van der Waals surface area contributed by atoms with E-state index in [-0.39, 0.29) is 29.9 Å². The molecule has 0 aliphatic rings. The van der Waals surface area contributed by atoms with Gasteiger partial charge in [0.05, 0.1) is 5.75 Å². The maximum atomic E-state index is 12.1. The minimum Gasteiger partial charge on any atom is -0.483 e. The molecule has 1 aromatic rings. The number of hydrogen-bond acceptors (Lipinski definition) is 5. The molecule has 8 heteroatoms. The normalized spacial score (nSPS) is 13.1. The highest BCUT2D eigenvalue weighted by Crippen LogP contribution is 2.32. The Morgan fingerprint density at radius 2 is 1.89 bits per heavy atom. The van der Waals surface area contributed by atoms with E-state index in [4.69, 9.17) is 4.74 Å². The maximum Gasteiger partial charge on any atom is 0.326 e. The van der Waals surface area contributed by atoms with Crippen molar-refractivity contribution >= 4 is 21.7 Å². The van der Waals surface area contributed by atoms with Crippen LogP contribution in [-0.2, 0) is 24.8 Å². The number of benzene rings is 1. The summed E-state index contributed by atoms with van der Waals surface area (Å²) < 4.78 is 28.7. The van der Waals surface area contributed by atoms with Crippen LogP contribution in [0.4, 0.5) is 0 Å². The van der Waals surface area contributed by atoms with Gasteiger partial charge in [-0.3, -0.25) is 4.79 Å². The molecule has 1 unspecified atom stereocenters. The zero-order valence-corrected chi connectivity index (χ0v) is 17.4. The molecule has 1 atom stereocenters. The van der Waals surface area contributed by atoms with Gasteiger partial charge in [0.1, 0.15) is 21.6 Å². The Bertz CT molecular complexity index is 780. The Balaban J connectivity index is 2.75. The van der Waals surface area contributed by atoms with Crippen LogP contribution in [0.5, 0.6) is 5.75 Å². The minimum atomic E-state index is -3.31. The van der Waals surface area contributed by atoms with Gasteiger partial charge >= 0.3 is 5.97 Å². The molecule has 0 saturated carbocycles. The van der Waals surface area contributed by atoms with Crippen molar-refractivity contribution in [3.63, 3.8) is 0 Å². The first-order valence-electron chi connectivity index (χ1n) is 8.82. The van der Waals surface area contributed by atoms with Gasteiger partial charge in [0.2, 0.25) is 0 Å². The van der Waals surface area contributed by atoms with E-state index in [0.717, 1.165) is 11.1 Å². The summed E-state index contributed by atoms with van der Waals surface area (Å²) in [5, 5.41) is 11.5. The van der Waals surface area contributed by atoms with Crippen molar-refractivity contribution in [2.45, 2.75) is 52.5 Å². The summed E-state index contributed by atoms with van der Waals surface area (Å²) >= 11 is 0. The lowest BCUT2D eigenvalue weighted by atomic mass is 9.85. The highest BCUT2D eigenvalue weighted by atomic mass is 32.2. The zero-order chi connectivity index (χ0) is 20.8. The van der Waals surface area contributed by atoms with Gasteiger partial charge in [-0.05, 0) is 30.4 Å². The number of aryl methyl sites for hydroxylation is 1. The van der Waals surface area contributed by atoms with Crippen LogP contribution >= 0.6 is 0 Å². The van der Waals surface area contributed by atoms with Crippen molar-refractivity contribution in [2.24, 2.45) is 0 Å². The number of carboxylic acids is 1. The molecule has 0 radical (unpaired) electrons. The van der Waals surface area contributed by atoms with Crippen LogP contribution in [0, 0.1) is 6.92 Å². The van der Waals surface area contributed by atoms with Crippen LogP contribution in [0.25, 0.3) is 0 Å². The Hall–Kier alpha value is -2.09. The molecular formula is C19H29NO6S. The summed E-state index contributed by atoms with van der Waals surface area (Å²) in [4.78, 5) is 23.4. The van der Waals surface area contributed by atoms with E-state index in [1.54, 1.807) is 6.07 Å². The second-order valence-electron chi connectivity index (χ2n) is 7.52. The molecule has 1 aromatic carbocycles. The Kier molecular flexibility index (Phi) is 7.83. The third-order valence-corrected chi connectivity index (χ3v) is 5.83. The van der Waals surface area contributed by atoms with Crippen LogP contribution in [0.15, 0.2) is 18.2 Å². The molecule has 0 heterocycles. The van der Waals surface area contributed by atoms with Gasteiger partial charge in [0.15, 0.2) is 6.61 Å². The number of sulfone groups is 1. The lowest BCUT2D eigenvalue weighted by molar-refractivity contribution is -0.142. The molecule has 0 aromatic heterocycles. The van der Waals surface area contributed by atoms with E-state index in [9.17, 15) is 23.1 Å². The van der Waals surface area contributed by atoms with Crippen molar-refractivity contribution in [1.82, 2.24) is 5.32 Å². The summed E-state index contributed by atoms with van der Waals surface area (Å²) in [5.74, 6) is -1.70. The quantitative estimate of drug-likeness (QED) is 0.658. The topological polar surface area (TPSA) is 110 Å². The Morgan fingerprint density at radius 3 is 2.41 bits per heavy atom. The van der Waals surface area contributed by atoms with Crippen molar-refractivity contribution < 1.29 is 27.9 Å². The van der Waals surface area contributed by atoms with Crippen molar-refractivity contribution in [1.29, 1.82) is 0 Å². The molecule has 0 saturated heterocycles. The number of rotatable bonds is 9. The summed E-state index contributed by atoms with van der Waals surface area (Å²) in [6, 6.07) is 4.37. The maximum absolute atomic E-state index is 12.1. The number of carbonyl (C=O) groups is 2. The smallest absolute Gasteiger partial charge is 0.326 e. The van der Waals surface area contributed by atoms with Gasteiger partial charge in [-0.2, -0.15) is 0 Å². The number of carboxylic acid groups (broad SMARTS) is 1. The number of carbonyl (C=O) groups excluding carboxylic acids is 1. The van der Waals surface area contributed by atoms with E-state index < -0.39 is 27.8 Å². The highest BCUT2D eigenvalue weighted by molar-refractivity contribution is 7.91. The Labute approximate surface area is 161 Å². The first-order valence-corrected chi connectivity index (χ1v) is 10.6. The van der Waals surface area contributed by atoms with Crippen LogP contribution in [0.2, 0.25) is 0 Å². The number of amides is 1. The fraction of sp³-hybridized carbons (Fsp3) is 0.579. The predicted octanol–water partition coefficient (Wildman–Crippen LogP) is 2.07. The summed E-state index contributed by atoms with van der Waals surface area (Å²) in [7, 11) is -3.31. The van der Waals surface area contributed by atoms with Gasteiger partial charge in [0.25, 0.3) is 5.91 Å². The molecule has 1 amide bonds. The van der Waals surface area contributed by atoms with Gasteiger partial charge in [-0.1, -0.05) is 45.4 Å². The zero-order valence-electron chi connectivity index (χ0n) is 16.5. The third-order valence-electron chi connectivity index (χ3n) is 4.09. The third kappa shape index (κ3) is 7.58. The molecule has 0 aliphatic heterocycles. The molecule has 152 valence electrons. The van der Waals surface area contributed by atoms with E-state index in [1.807, 2.05) is 39.8 Å². The predicted molar refractivity (Wildman–Crippen MR) is 104 cm³/mol. The van der Waals surface area contributed by atoms with Gasteiger partial charge in [-0.25, -0.2) is 13.2 Å². The number of nitrogens with one attached hydrogen (secondary N) is 1. The van der Waals surface area contributed by atoms with Crippen molar-refractivity contribution in [3.05, 3.63) is 29.3 Å². The van der Waals surface area contributed by atoms with Crippen LogP contribution in [-0.4, -0.2) is 49.6 Å². The number of hydrogen-bond donors (Lipinski definition) is 2. The second kappa shape index (κ2) is 9.21. The molecule has 0 bridgehead atoms. The lowest BCUT2D eigenvalue weighted by Gasteiger charge is -2.23. The first kappa shape index (κ1) is 23.0. The van der Waals surface area contributed by atoms with E-state index in [0.29, 0.717) is 5.75 Å². The standard InChI is InChI=1S/C19H29NO6S/c1-6-27(24,25)10-9-15(18(22)23)20-17(21)12-26-16-8-7-13(2)11-14(16)19(3,4)5/h7-8,11,15H,6,9-10,12H2,1-5H3,(H,20,21)(H,22,23). The van der Waals surface area contributed by atoms with E-state index in [1.165, 1.54) is 6.92 Å². The van der Waals surface area contributed by atoms with Crippen LogP contribution in [0.3, 0.4) is 0 Å². The van der Waals surface area contributed by atoms with Crippen molar-refractivity contribution in [3.8, 4) is 5.75 Å². The fourth-order valence-electron chi connectivity index (χ4n) is 2.43. The Morgan fingerprint density at radius 1 is 1.26 bits per heavy atom. The SMILES string of the molecule is CCS(=O)(=O)CCC(NC(=O)COc1ccc(C)cc1C(C)(C)C)C(=O)O. The van der Waals surface area contributed by atoms with Crippen molar-refractivity contribution in [2.75, 3.05) is 18.1 Å². The summed E-state index contributed by atoms with van der Waals surface area (Å²) in [6.45, 7) is 9.20. The average Bonchev–Trinajstić information content (AvgIpc) is 2.56. The fourth-order valence-corrected chi connectivity index (χ4v) is 3.32. The summed E-state index contributed by atoms with van der Waals surface area (Å²) in [5.41, 5.74) is 1.83. The highest BCUT2D eigenvalue weighted by Gasteiger charge is 2.24. The molecule has 0 spiro atoms. The van der Waals surface area contributed by atoms with Gasteiger partial charge < -0.3 is 15.2 Å². The van der Waals surface area contributed by atoms with E-state index in [2.05, 4.69) is 5.32 Å². The molecule has 1 rings (SSSR count). The van der Waals surface area contributed by atoms with Crippen LogP contribution in [0.1, 0.15) is 45.2 Å². The minimum absolute atomic E-state index is 0.0700. The average molecular weight is 400 g/mol. The van der Waals surface area contributed by atoms with E-state index >= 15 is 0 Å². The number of ether oxygens (including phenoxy) is 1. The summed E-state index contributed by atoms with van der Waals surface area (Å²) in [6.07, 6.45) is -0.185. The number of aliphatic carboxylic acids is 1. The molecule has 2 N–H and O–H groups in total. The first-order chi connectivity index (χ1) is 12.4. The van der Waals surface area contributed by atoms with Crippen LogP contribution < -0.4 is 10.1 Å². The van der Waals surface area contributed by atoms with Gasteiger partial charge in [-0.15, -0.1) is 0 Å². The molecular weight excluding hydrogens is 370 g/mol. The molecule has 0 fully saturated rings. The lowest BCUT2D eigenvalue weighted by Crippen LogP contribution is -2.44.